The van der Waals surface area contributed by atoms with Gasteiger partial charge < -0.3 is 68.1 Å². The number of benzene rings is 3. The van der Waals surface area contributed by atoms with Gasteiger partial charge in [0.05, 0.1) is 42.9 Å². The van der Waals surface area contributed by atoms with E-state index in [1.807, 2.05) is 12.1 Å². The molecule has 6 rings (SSSR count). The van der Waals surface area contributed by atoms with Gasteiger partial charge in [-0.1, -0.05) is 91.0 Å². The van der Waals surface area contributed by atoms with Crippen molar-refractivity contribution in [1.29, 1.82) is 0 Å². The summed E-state index contributed by atoms with van der Waals surface area (Å²) in [5.74, 6) is -5.85. The Morgan fingerprint density at radius 3 is 1.15 bits per heavy atom. The number of aromatic nitrogens is 3. The van der Waals surface area contributed by atoms with Crippen LogP contribution in [0.5, 0.6) is 17.2 Å². The van der Waals surface area contributed by atoms with Crippen LogP contribution in [0.3, 0.4) is 0 Å². The Morgan fingerprint density at radius 1 is 0.506 bits per heavy atom. The second kappa shape index (κ2) is 29.6. The van der Waals surface area contributed by atoms with Gasteiger partial charge in [-0.05, 0) is 41.8 Å². The van der Waals surface area contributed by atoms with E-state index in [9.17, 15) is 38.7 Å². The first-order chi connectivity index (χ1) is 38.2. The van der Waals surface area contributed by atoms with Gasteiger partial charge in [0.1, 0.15) is 25.4 Å². The first-order valence-electron chi connectivity index (χ1n) is 25.2. The fourth-order valence-corrected chi connectivity index (χ4v) is 8.16. The predicted octanol–water partition coefficient (Wildman–Crippen LogP) is 3.50. The minimum absolute atomic E-state index is 0.0479. The average molecular weight is 1090 g/mol. The molecule has 0 fully saturated rings. The van der Waals surface area contributed by atoms with Crippen LogP contribution in [0.4, 0.5) is 0 Å². The Kier molecular flexibility index (Phi) is 22.3. The van der Waals surface area contributed by atoms with Crippen LogP contribution in [0, 0.1) is 0 Å². The van der Waals surface area contributed by atoms with E-state index in [1.54, 1.807) is 78.9 Å². The lowest BCUT2D eigenvalue weighted by Gasteiger charge is -2.34. The maximum atomic E-state index is 15.0. The monoisotopic (exact) mass is 1090 g/mol. The van der Waals surface area contributed by atoms with Crippen LogP contribution in [0.25, 0.3) is 0 Å². The van der Waals surface area contributed by atoms with Crippen molar-refractivity contribution in [1.82, 2.24) is 34.6 Å². The largest absolute Gasteiger partial charge is 0.482 e. The Hall–Kier alpha value is -8.86. The first kappa shape index (κ1) is 59.4. The van der Waals surface area contributed by atoms with Crippen molar-refractivity contribution in [3.05, 3.63) is 192 Å². The molecule has 1 atom stereocenters. The number of aliphatic carboxylic acids is 1. The van der Waals surface area contributed by atoms with Crippen LogP contribution in [0.1, 0.15) is 61.1 Å². The van der Waals surface area contributed by atoms with Crippen LogP contribution in [0.15, 0.2) is 142 Å². The third kappa shape index (κ3) is 16.6. The summed E-state index contributed by atoms with van der Waals surface area (Å²) in [4.78, 5) is 113. The molecule has 0 saturated heterocycles. The zero-order valence-corrected chi connectivity index (χ0v) is 44.5. The van der Waals surface area contributed by atoms with E-state index in [-0.39, 0.29) is 119 Å². The predicted molar refractivity (Wildman–Crippen MR) is 289 cm³/mol. The van der Waals surface area contributed by atoms with E-state index < -0.39 is 58.2 Å². The van der Waals surface area contributed by atoms with E-state index in [0.717, 1.165) is 16.0 Å². The van der Waals surface area contributed by atoms with Gasteiger partial charge in [-0.3, -0.25) is 38.4 Å². The number of carboxylic acid groups (broad SMARTS) is 1. The molecule has 0 spiro atoms. The number of carbonyl (C=O) groups is 5. The van der Waals surface area contributed by atoms with Gasteiger partial charge in [0.25, 0.3) is 34.4 Å². The second-order valence-electron chi connectivity index (χ2n) is 18.1. The molecule has 0 aliphatic rings. The number of nitrogens with one attached hydrogen (secondary N) is 3. The first-order valence-corrected chi connectivity index (χ1v) is 25.2. The molecule has 0 saturated carbocycles. The van der Waals surface area contributed by atoms with Gasteiger partial charge in [0.15, 0.2) is 17.2 Å². The molecular formula is C57H65N7O15. The molecule has 418 valence electrons. The van der Waals surface area contributed by atoms with Crippen molar-refractivity contribution >= 4 is 29.6 Å². The molecule has 4 amide bonds. The number of methoxy groups -OCH3 is 3. The highest BCUT2D eigenvalue weighted by Crippen LogP contribution is 2.22. The molecule has 22 nitrogen and oxygen atoms in total. The molecule has 22 heteroatoms. The van der Waals surface area contributed by atoms with Crippen molar-refractivity contribution in [3.8, 4) is 17.2 Å². The standard InChI is InChI=1S/C57H65N7O15/c1-57(36-46(65)66,60-52(69)45-22-27-63(32-35-76-4)55(72)49(45)79-39-42-18-12-7-13-19-42)56(73)64(28-23-58-50(67)43-20-25-61(30-33-74-2)53(70)47(43)77-37-40-14-8-5-9-15-40)29-24-59-51(68)44-21-26-62(31-34-75-3)54(71)48(44)78-38-41-16-10-6-11-17-41/h5-22,25-27H,23-24,28-39H2,1-4H3,(H,58,67)(H,59,68)(H,60,69)(H,65,66). The van der Waals surface area contributed by atoms with E-state index in [1.165, 1.54) is 78.7 Å². The van der Waals surface area contributed by atoms with Crippen molar-refractivity contribution in [3.63, 3.8) is 0 Å². The summed E-state index contributed by atoms with van der Waals surface area (Å²) in [6.45, 7) is 0.629. The molecule has 0 aliphatic heterocycles. The summed E-state index contributed by atoms with van der Waals surface area (Å²) >= 11 is 0. The normalized spacial score (nSPS) is 11.7. The van der Waals surface area contributed by atoms with E-state index >= 15 is 4.79 Å². The summed E-state index contributed by atoms with van der Waals surface area (Å²) in [6.07, 6.45) is 3.22. The topological polar surface area (TPSA) is 266 Å². The fraction of sp³-hybridized carbons (Fsp3) is 0.333. The lowest BCUT2D eigenvalue weighted by atomic mass is 9.94. The van der Waals surface area contributed by atoms with Crippen LogP contribution < -0.4 is 46.8 Å². The molecule has 0 bridgehead atoms. The van der Waals surface area contributed by atoms with E-state index in [2.05, 4.69) is 16.0 Å². The molecule has 0 aliphatic carbocycles. The van der Waals surface area contributed by atoms with E-state index in [4.69, 9.17) is 28.4 Å². The Morgan fingerprint density at radius 2 is 0.835 bits per heavy atom. The highest BCUT2D eigenvalue weighted by Gasteiger charge is 2.41. The quantitative estimate of drug-likeness (QED) is 0.0486. The van der Waals surface area contributed by atoms with Crippen molar-refractivity contribution < 1.29 is 57.5 Å². The summed E-state index contributed by atoms with van der Waals surface area (Å²) < 4.78 is 37.4. The van der Waals surface area contributed by atoms with E-state index in [0.29, 0.717) is 5.56 Å². The van der Waals surface area contributed by atoms with Gasteiger partial charge in [0.2, 0.25) is 5.91 Å². The third-order valence-electron chi connectivity index (χ3n) is 12.4. The number of carboxylic acids is 1. The smallest absolute Gasteiger partial charge is 0.306 e. The van der Waals surface area contributed by atoms with Gasteiger partial charge >= 0.3 is 5.97 Å². The highest BCUT2D eigenvalue weighted by atomic mass is 16.5. The minimum atomic E-state index is -2.26. The van der Waals surface area contributed by atoms with Gasteiger partial charge in [-0.15, -0.1) is 0 Å². The molecule has 4 N–H and O–H groups in total. The third-order valence-corrected chi connectivity index (χ3v) is 12.4. The number of nitrogens with zero attached hydrogens (tertiary/aromatic N) is 4. The summed E-state index contributed by atoms with van der Waals surface area (Å²) in [5.41, 5.74) is -2.56. The van der Waals surface area contributed by atoms with Crippen LogP contribution in [-0.2, 0) is 63.3 Å². The number of rotatable bonds is 31. The van der Waals surface area contributed by atoms with Crippen molar-refractivity contribution in [2.24, 2.45) is 0 Å². The Balaban J connectivity index is 1.30. The number of ether oxygens (including phenoxy) is 6. The summed E-state index contributed by atoms with van der Waals surface area (Å²) in [6, 6.07) is 30.9. The lowest BCUT2D eigenvalue weighted by molar-refractivity contribution is -0.146. The number of hydrogen-bond acceptors (Lipinski definition) is 14. The van der Waals surface area contributed by atoms with Crippen molar-refractivity contribution in [2.45, 2.75) is 58.3 Å². The fourth-order valence-electron chi connectivity index (χ4n) is 8.16. The zero-order chi connectivity index (χ0) is 56.7. The molecule has 3 aromatic heterocycles. The Labute approximate surface area is 455 Å². The lowest BCUT2D eigenvalue weighted by Crippen LogP contribution is -2.60. The molecule has 3 heterocycles. The zero-order valence-electron chi connectivity index (χ0n) is 44.5. The number of carbonyl (C=O) groups excluding carboxylic acids is 4. The minimum Gasteiger partial charge on any atom is -0.482 e. The van der Waals surface area contributed by atoms with Gasteiger partial charge in [0, 0.05) is 85.7 Å². The highest BCUT2D eigenvalue weighted by molar-refractivity contribution is 6.02. The molecule has 6 aromatic rings. The van der Waals surface area contributed by atoms with Crippen LogP contribution in [-0.4, -0.2) is 126 Å². The molecule has 3 aromatic carbocycles. The number of pyridine rings is 3. The van der Waals surface area contributed by atoms with Gasteiger partial charge in [-0.2, -0.15) is 0 Å². The molecule has 1 unspecified atom stereocenters. The maximum absolute atomic E-state index is 15.0. The molecular weight excluding hydrogens is 1020 g/mol. The number of hydrogen-bond donors (Lipinski definition) is 4. The maximum Gasteiger partial charge on any atom is 0.306 e. The molecule has 0 radical (unpaired) electrons. The van der Waals surface area contributed by atoms with Crippen LogP contribution >= 0.6 is 0 Å². The second-order valence-corrected chi connectivity index (χ2v) is 18.1. The molecule has 79 heavy (non-hydrogen) atoms. The summed E-state index contributed by atoms with van der Waals surface area (Å²) in [5, 5.41) is 18.3. The number of amides is 4. The van der Waals surface area contributed by atoms with Crippen LogP contribution in [0.2, 0.25) is 0 Å². The average Bonchev–Trinajstić information content (AvgIpc) is 3.45. The SMILES string of the molecule is COCCn1ccc(C(=O)NCCN(CCNC(=O)c2ccn(CCOC)c(=O)c2OCc2ccccc2)C(=O)C(C)(CC(=O)O)NC(=O)c2ccn(CCOC)c(=O)c2OCc2ccccc2)c(OCc2ccccc2)c1=O. The van der Waals surface area contributed by atoms with Gasteiger partial charge in [-0.25, -0.2) is 0 Å². The Bertz CT molecular complexity index is 3070. The summed E-state index contributed by atoms with van der Waals surface area (Å²) in [7, 11) is 4.42. The van der Waals surface area contributed by atoms with Crippen molar-refractivity contribution in [2.75, 3.05) is 67.3 Å².